The van der Waals surface area contributed by atoms with Gasteiger partial charge >= 0.3 is 0 Å². The van der Waals surface area contributed by atoms with E-state index in [0.717, 1.165) is 11.1 Å². The molecule has 3 heterocycles. The zero-order chi connectivity index (χ0) is 18.6. The Labute approximate surface area is 158 Å². The van der Waals surface area contributed by atoms with Gasteiger partial charge < -0.3 is 23.7 Å². The number of ether oxygens (including phenoxy) is 5. The molecule has 3 aliphatic heterocycles. The number of hydrogen-bond donors (Lipinski definition) is 0. The highest BCUT2D eigenvalue weighted by molar-refractivity contribution is 5.36. The molecule has 0 spiro atoms. The second-order valence-corrected chi connectivity index (χ2v) is 7.52. The summed E-state index contributed by atoms with van der Waals surface area (Å²) in [5.74, 6) is -1.32. The lowest BCUT2D eigenvalue weighted by Crippen LogP contribution is -2.51. The molecule has 3 aliphatic rings. The first-order valence-corrected chi connectivity index (χ1v) is 9.16. The molecule has 0 N–H and O–H groups in total. The van der Waals surface area contributed by atoms with Gasteiger partial charge in [0, 0.05) is 11.1 Å². The molecule has 0 amide bonds. The third-order valence-electron chi connectivity index (χ3n) is 5.19. The van der Waals surface area contributed by atoms with Crippen LogP contribution in [0, 0.1) is 0 Å². The van der Waals surface area contributed by atoms with Gasteiger partial charge in [0.15, 0.2) is 12.1 Å². The van der Waals surface area contributed by atoms with Crippen molar-refractivity contribution in [1.29, 1.82) is 0 Å². The minimum Gasteiger partial charge on any atom is -0.456 e. The van der Waals surface area contributed by atoms with Crippen LogP contribution in [0.5, 0.6) is 0 Å². The number of fused-ring (bicyclic) bond motifs is 3. The van der Waals surface area contributed by atoms with E-state index in [-0.39, 0.29) is 6.10 Å². The summed E-state index contributed by atoms with van der Waals surface area (Å²) in [5.41, 5.74) is 1.77. The van der Waals surface area contributed by atoms with Crippen LogP contribution in [0.1, 0.15) is 25.0 Å². The average Bonchev–Trinajstić information content (AvgIpc) is 3.15. The van der Waals surface area contributed by atoms with Crippen molar-refractivity contribution in [3.63, 3.8) is 0 Å². The molecular weight excluding hydrogens is 344 g/mol. The van der Waals surface area contributed by atoms with Crippen LogP contribution >= 0.6 is 0 Å². The Kier molecular flexibility index (Phi) is 3.71. The van der Waals surface area contributed by atoms with Crippen LogP contribution in [0.4, 0.5) is 0 Å². The summed E-state index contributed by atoms with van der Waals surface area (Å²) >= 11 is 0. The maximum Gasteiger partial charge on any atom is 0.264 e. The smallest absolute Gasteiger partial charge is 0.264 e. The summed E-state index contributed by atoms with van der Waals surface area (Å²) in [6.07, 6.45) is -1.68. The van der Waals surface area contributed by atoms with Crippen molar-refractivity contribution in [2.24, 2.45) is 0 Å². The molecule has 140 valence electrons. The van der Waals surface area contributed by atoms with Gasteiger partial charge in [-0.05, 0) is 13.8 Å². The van der Waals surface area contributed by atoms with Crippen LogP contribution in [0.25, 0.3) is 0 Å². The van der Waals surface area contributed by atoms with Gasteiger partial charge in [-0.15, -0.1) is 0 Å². The van der Waals surface area contributed by atoms with Crippen molar-refractivity contribution in [1.82, 2.24) is 0 Å². The van der Waals surface area contributed by atoms with Crippen LogP contribution in [-0.4, -0.2) is 30.4 Å². The first-order chi connectivity index (χ1) is 13.0. The molecule has 2 aromatic carbocycles. The van der Waals surface area contributed by atoms with Gasteiger partial charge in [0.05, 0.1) is 0 Å². The second-order valence-electron chi connectivity index (χ2n) is 7.52. The molecule has 5 rings (SSSR count). The fourth-order valence-electron chi connectivity index (χ4n) is 4.06. The molecular formula is C22H22O5. The van der Waals surface area contributed by atoms with Gasteiger partial charge in [-0.3, -0.25) is 0 Å². The van der Waals surface area contributed by atoms with E-state index in [1.165, 1.54) is 0 Å². The van der Waals surface area contributed by atoms with E-state index in [9.17, 15) is 0 Å². The largest absolute Gasteiger partial charge is 0.456 e. The van der Waals surface area contributed by atoms with Crippen molar-refractivity contribution in [2.45, 2.75) is 50.0 Å². The fourth-order valence-corrected chi connectivity index (χ4v) is 4.06. The number of rotatable bonds is 2. The Hall–Kier alpha value is -2.18. The summed E-state index contributed by atoms with van der Waals surface area (Å²) < 4.78 is 30.9. The Morgan fingerprint density at radius 1 is 0.778 bits per heavy atom. The van der Waals surface area contributed by atoms with E-state index < -0.39 is 30.1 Å². The fraction of sp³-hybridized carbons (Fsp3) is 0.364. The van der Waals surface area contributed by atoms with Gasteiger partial charge in [0.2, 0.25) is 0 Å². The normalized spacial score (nSPS) is 33.2. The Morgan fingerprint density at radius 3 is 1.96 bits per heavy atom. The van der Waals surface area contributed by atoms with Gasteiger partial charge in [-0.1, -0.05) is 67.2 Å². The van der Waals surface area contributed by atoms with Crippen LogP contribution < -0.4 is 0 Å². The molecule has 2 aromatic rings. The zero-order valence-corrected chi connectivity index (χ0v) is 15.3. The minimum absolute atomic E-state index is 0.350. The quantitative estimate of drug-likeness (QED) is 0.811. The second kappa shape index (κ2) is 5.91. The van der Waals surface area contributed by atoms with Crippen molar-refractivity contribution in [3.8, 4) is 0 Å². The Bertz CT molecular complexity index is 808. The van der Waals surface area contributed by atoms with E-state index in [1.54, 1.807) is 0 Å². The van der Waals surface area contributed by atoms with Crippen molar-refractivity contribution in [3.05, 3.63) is 84.1 Å². The van der Waals surface area contributed by atoms with Crippen LogP contribution in [0.15, 0.2) is 73.0 Å². The highest BCUT2D eigenvalue weighted by Crippen LogP contribution is 2.50. The van der Waals surface area contributed by atoms with Crippen LogP contribution in [0.2, 0.25) is 0 Å². The zero-order valence-electron chi connectivity index (χ0n) is 15.3. The molecule has 0 saturated carbocycles. The lowest BCUT2D eigenvalue weighted by molar-refractivity contribution is -0.299. The standard InChI is InChI=1S/C22H22O5/c1-14-17-18(19-20(23-17)27-21(2,3)25-19)26-22(24-14,15-10-6-4-7-11-15)16-12-8-5-9-13-16/h4-13,17-20H,1H2,2-3H3. The first kappa shape index (κ1) is 17.0. The molecule has 0 bridgehead atoms. The molecule has 5 nitrogen and oxygen atoms in total. The monoisotopic (exact) mass is 366 g/mol. The predicted molar refractivity (Wildman–Crippen MR) is 97.5 cm³/mol. The maximum absolute atomic E-state index is 6.63. The van der Waals surface area contributed by atoms with Crippen LogP contribution in [-0.2, 0) is 29.5 Å². The molecule has 3 fully saturated rings. The van der Waals surface area contributed by atoms with E-state index in [0.29, 0.717) is 5.76 Å². The van der Waals surface area contributed by atoms with Crippen molar-refractivity contribution < 1.29 is 23.7 Å². The average molecular weight is 366 g/mol. The number of hydrogen-bond acceptors (Lipinski definition) is 5. The maximum atomic E-state index is 6.63. The third kappa shape index (κ3) is 2.62. The lowest BCUT2D eigenvalue weighted by Gasteiger charge is -2.44. The first-order valence-electron chi connectivity index (χ1n) is 9.16. The summed E-state index contributed by atoms with van der Waals surface area (Å²) in [6, 6.07) is 19.8. The summed E-state index contributed by atoms with van der Waals surface area (Å²) in [4.78, 5) is 0. The molecule has 3 saturated heterocycles. The van der Waals surface area contributed by atoms with Crippen molar-refractivity contribution >= 4 is 0 Å². The summed E-state index contributed by atoms with van der Waals surface area (Å²) in [7, 11) is 0. The lowest BCUT2D eigenvalue weighted by atomic mass is 9.94. The highest BCUT2D eigenvalue weighted by Gasteiger charge is 2.62. The predicted octanol–water partition coefficient (Wildman–Crippen LogP) is 3.69. The SMILES string of the molecule is C=C1OC(c2ccccc2)(c2ccccc2)OC2C1OC1OC(C)(C)OC12. The van der Waals surface area contributed by atoms with Crippen LogP contribution in [0.3, 0.4) is 0 Å². The van der Waals surface area contributed by atoms with E-state index in [4.69, 9.17) is 23.7 Å². The molecule has 0 aromatic heterocycles. The molecule has 27 heavy (non-hydrogen) atoms. The molecule has 4 atom stereocenters. The Morgan fingerprint density at radius 2 is 1.37 bits per heavy atom. The molecule has 4 unspecified atom stereocenters. The topological polar surface area (TPSA) is 46.2 Å². The highest BCUT2D eigenvalue weighted by atomic mass is 16.9. The Balaban J connectivity index is 1.60. The van der Waals surface area contributed by atoms with Gasteiger partial charge in [-0.2, -0.15) is 0 Å². The van der Waals surface area contributed by atoms with E-state index in [1.807, 2.05) is 74.5 Å². The minimum atomic E-state index is -1.12. The van der Waals surface area contributed by atoms with Gasteiger partial charge in [-0.25, -0.2) is 0 Å². The van der Waals surface area contributed by atoms with Gasteiger partial charge in [0.25, 0.3) is 5.79 Å². The van der Waals surface area contributed by atoms with E-state index in [2.05, 4.69) is 6.58 Å². The van der Waals surface area contributed by atoms with Gasteiger partial charge in [0.1, 0.15) is 24.1 Å². The molecule has 0 radical (unpaired) electrons. The van der Waals surface area contributed by atoms with E-state index >= 15 is 0 Å². The summed E-state index contributed by atoms with van der Waals surface area (Å²) in [5, 5.41) is 0. The molecule has 5 heteroatoms. The summed E-state index contributed by atoms with van der Waals surface area (Å²) in [6.45, 7) is 7.88. The molecule has 0 aliphatic carbocycles. The number of benzene rings is 2. The van der Waals surface area contributed by atoms with Crippen molar-refractivity contribution in [2.75, 3.05) is 0 Å². The third-order valence-corrected chi connectivity index (χ3v) is 5.19.